The van der Waals surface area contributed by atoms with E-state index in [9.17, 15) is 13.3 Å². The summed E-state index contributed by atoms with van der Waals surface area (Å²) < 4.78 is 43.0. The fraction of sp³-hybridized carbons (Fsp3) is 0.667. The van der Waals surface area contributed by atoms with E-state index >= 15 is 0 Å². The minimum absolute atomic E-state index is 1.28. The zero-order chi connectivity index (χ0) is 13.4. The maximum atomic E-state index is 12.3. The summed E-state index contributed by atoms with van der Waals surface area (Å²) in [6, 6.07) is 0. The molecule has 8 nitrogen and oxygen atoms in total. The van der Waals surface area contributed by atoms with Gasteiger partial charge in [0, 0.05) is 0 Å². The standard InChI is InChI=1S/C6H9F2O8P/c7-5(8)4-2(10)1(9)3(11)6(15-4)16-17(12,13)14/h1-2,4-5,9-11H,(H2,12,13,14)/t1?,2-,4?/m0/s1. The van der Waals surface area contributed by atoms with Crippen molar-refractivity contribution < 1.29 is 47.7 Å². The lowest BCUT2D eigenvalue weighted by molar-refractivity contribution is -0.166. The largest absolute Gasteiger partial charge is 0.527 e. The molecule has 1 heterocycles. The third-order valence-electron chi connectivity index (χ3n) is 1.84. The quantitative estimate of drug-likeness (QED) is 0.423. The number of rotatable bonds is 3. The minimum atomic E-state index is -5.16. The van der Waals surface area contributed by atoms with Crippen molar-refractivity contribution in [1.82, 2.24) is 0 Å². The fourth-order valence-corrected chi connectivity index (χ4v) is 1.45. The second kappa shape index (κ2) is 4.75. The van der Waals surface area contributed by atoms with Gasteiger partial charge in [0.1, 0.15) is 12.2 Å². The number of aliphatic hydroxyl groups is 3. The number of halogens is 2. The normalized spacial score (nSPS) is 30.4. The Labute approximate surface area is 92.9 Å². The molecule has 0 fully saturated rings. The van der Waals surface area contributed by atoms with E-state index in [1.165, 1.54) is 0 Å². The molecule has 1 aliphatic heterocycles. The molecule has 0 saturated carbocycles. The van der Waals surface area contributed by atoms with Crippen LogP contribution in [0.2, 0.25) is 0 Å². The first-order valence-electron chi connectivity index (χ1n) is 4.12. The summed E-state index contributed by atoms with van der Waals surface area (Å²) in [6.07, 6.45) is -9.88. The van der Waals surface area contributed by atoms with E-state index < -0.39 is 44.3 Å². The lowest BCUT2D eigenvalue weighted by Gasteiger charge is -2.32. The SMILES string of the molecule is O=P(O)(O)OC1=C(O)C(O)[C@H](O)C(C(F)F)O1. The van der Waals surface area contributed by atoms with Crippen LogP contribution >= 0.6 is 7.82 Å². The van der Waals surface area contributed by atoms with Crippen LogP contribution in [0.15, 0.2) is 11.7 Å². The molecule has 0 aliphatic carbocycles. The predicted molar refractivity (Wildman–Crippen MR) is 45.7 cm³/mol. The Morgan fingerprint density at radius 1 is 1.35 bits per heavy atom. The molecule has 0 aromatic rings. The zero-order valence-corrected chi connectivity index (χ0v) is 8.87. The third kappa shape index (κ3) is 3.27. The molecule has 0 amide bonds. The van der Waals surface area contributed by atoms with E-state index in [0.717, 1.165) is 0 Å². The highest BCUT2D eigenvalue weighted by molar-refractivity contribution is 7.46. The van der Waals surface area contributed by atoms with Crippen LogP contribution in [0.25, 0.3) is 0 Å². The second-order valence-electron chi connectivity index (χ2n) is 3.11. The average Bonchev–Trinajstić information content (AvgIpc) is 2.16. The van der Waals surface area contributed by atoms with E-state index in [-0.39, 0.29) is 0 Å². The van der Waals surface area contributed by atoms with Crippen molar-refractivity contribution in [2.75, 3.05) is 0 Å². The first-order chi connectivity index (χ1) is 7.63. The van der Waals surface area contributed by atoms with Crippen molar-refractivity contribution in [3.63, 3.8) is 0 Å². The van der Waals surface area contributed by atoms with Crippen molar-refractivity contribution in [2.24, 2.45) is 0 Å². The summed E-state index contributed by atoms with van der Waals surface area (Å²) in [6.45, 7) is 0. The molecule has 0 aromatic carbocycles. The molecule has 11 heteroatoms. The van der Waals surface area contributed by atoms with Gasteiger partial charge in [0.05, 0.1) is 0 Å². The molecule has 0 bridgehead atoms. The Kier molecular flexibility index (Phi) is 3.95. The lowest BCUT2D eigenvalue weighted by Crippen LogP contribution is -2.48. The maximum absolute atomic E-state index is 12.3. The topological polar surface area (TPSA) is 137 Å². The summed E-state index contributed by atoms with van der Waals surface area (Å²) in [5.74, 6) is -2.63. The van der Waals surface area contributed by atoms with Crippen LogP contribution in [-0.2, 0) is 13.8 Å². The van der Waals surface area contributed by atoms with E-state index in [2.05, 4.69) is 9.26 Å². The second-order valence-corrected chi connectivity index (χ2v) is 4.27. The van der Waals surface area contributed by atoms with Crippen LogP contribution in [-0.4, -0.2) is 49.8 Å². The number of alkyl halides is 2. The summed E-state index contributed by atoms with van der Waals surface area (Å²) >= 11 is 0. The van der Waals surface area contributed by atoms with Gasteiger partial charge in [-0.1, -0.05) is 0 Å². The van der Waals surface area contributed by atoms with Crippen molar-refractivity contribution in [3.8, 4) is 0 Å². The Hall–Kier alpha value is -0.930. The fourth-order valence-electron chi connectivity index (χ4n) is 1.09. The van der Waals surface area contributed by atoms with Crippen molar-refractivity contribution in [2.45, 2.75) is 24.7 Å². The molecule has 1 aliphatic rings. The van der Waals surface area contributed by atoms with Crippen molar-refractivity contribution >= 4 is 7.82 Å². The van der Waals surface area contributed by atoms with Crippen LogP contribution in [0.5, 0.6) is 0 Å². The van der Waals surface area contributed by atoms with Gasteiger partial charge in [-0.2, -0.15) is 0 Å². The van der Waals surface area contributed by atoms with Gasteiger partial charge >= 0.3 is 13.8 Å². The van der Waals surface area contributed by atoms with Gasteiger partial charge in [-0.15, -0.1) is 0 Å². The molecule has 0 saturated heterocycles. The van der Waals surface area contributed by atoms with E-state index in [4.69, 9.17) is 25.1 Å². The highest BCUT2D eigenvalue weighted by Gasteiger charge is 2.45. The number of aliphatic hydroxyl groups excluding tert-OH is 3. The van der Waals surface area contributed by atoms with Crippen LogP contribution in [0, 0.1) is 0 Å². The molecule has 0 radical (unpaired) electrons. The predicted octanol–water partition coefficient (Wildman–Crippen LogP) is -0.792. The smallest absolute Gasteiger partial charge is 0.504 e. The highest BCUT2D eigenvalue weighted by atomic mass is 31.2. The van der Waals surface area contributed by atoms with E-state index in [1.54, 1.807) is 0 Å². The molecule has 1 rings (SSSR count). The molecule has 2 unspecified atom stereocenters. The van der Waals surface area contributed by atoms with Crippen LogP contribution < -0.4 is 0 Å². The molecule has 17 heavy (non-hydrogen) atoms. The van der Waals surface area contributed by atoms with Gasteiger partial charge < -0.3 is 24.6 Å². The number of phosphoric acid groups is 1. The van der Waals surface area contributed by atoms with Gasteiger partial charge in [-0.3, -0.25) is 9.79 Å². The number of hydrogen-bond donors (Lipinski definition) is 5. The summed E-state index contributed by atoms with van der Waals surface area (Å²) in [7, 11) is -5.16. The van der Waals surface area contributed by atoms with Gasteiger partial charge in [0.25, 0.3) is 6.43 Å². The maximum Gasteiger partial charge on any atom is 0.527 e. The van der Waals surface area contributed by atoms with Gasteiger partial charge in [0.2, 0.25) is 5.76 Å². The zero-order valence-electron chi connectivity index (χ0n) is 7.97. The average molecular weight is 278 g/mol. The summed E-state index contributed by atoms with van der Waals surface area (Å²) in [5, 5.41) is 27.3. The molecule has 5 N–H and O–H groups in total. The minimum Gasteiger partial charge on any atom is -0.504 e. The Morgan fingerprint density at radius 3 is 2.29 bits per heavy atom. The summed E-state index contributed by atoms with van der Waals surface area (Å²) in [5.41, 5.74) is 0. The van der Waals surface area contributed by atoms with E-state index in [0.29, 0.717) is 0 Å². The molecule has 0 spiro atoms. The highest BCUT2D eigenvalue weighted by Crippen LogP contribution is 2.42. The monoisotopic (exact) mass is 278 g/mol. The van der Waals surface area contributed by atoms with E-state index in [1.807, 2.05) is 0 Å². The first-order valence-corrected chi connectivity index (χ1v) is 5.65. The molecule has 100 valence electrons. The number of hydrogen-bond acceptors (Lipinski definition) is 6. The lowest BCUT2D eigenvalue weighted by atomic mass is 10.0. The Morgan fingerprint density at radius 2 is 1.88 bits per heavy atom. The Bertz CT molecular complexity index is 365. The van der Waals surface area contributed by atoms with Crippen molar-refractivity contribution in [3.05, 3.63) is 11.7 Å². The van der Waals surface area contributed by atoms with Crippen LogP contribution in [0.3, 0.4) is 0 Å². The van der Waals surface area contributed by atoms with Crippen LogP contribution in [0.1, 0.15) is 0 Å². The molecule has 3 atom stereocenters. The van der Waals surface area contributed by atoms with Crippen LogP contribution in [0.4, 0.5) is 8.78 Å². The molecule has 0 aromatic heterocycles. The Balaban J connectivity index is 2.99. The van der Waals surface area contributed by atoms with Crippen molar-refractivity contribution in [1.29, 1.82) is 0 Å². The first kappa shape index (κ1) is 14.1. The summed E-state index contributed by atoms with van der Waals surface area (Å²) in [4.78, 5) is 16.8. The molecular weight excluding hydrogens is 269 g/mol. The number of ether oxygens (including phenoxy) is 1. The third-order valence-corrected chi connectivity index (χ3v) is 2.25. The number of phosphoric ester groups is 1. The van der Waals surface area contributed by atoms with Gasteiger partial charge in [-0.25, -0.2) is 13.3 Å². The van der Waals surface area contributed by atoms with Gasteiger partial charge in [0.15, 0.2) is 6.10 Å². The van der Waals surface area contributed by atoms with Gasteiger partial charge in [-0.05, 0) is 0 Å². The molecular formula is C6H9F2O8P.